The van der Waals surface area contributed by atoms with Crippen molar-refractivity contribution in [2.45, 2.75) is 25.5 Å². The van der Waals surface area contributed by atoms with E-state index in [4.69, 9.17) is 11.6 Å². The van der Waals surface area contributed by atoms with Crippen LogP contribution in [0.5, 0.6) is 0 Å². The summed E-state index contributed by atoms with van der Waals surface area (Å²) in [5, 5.41) is 3.12. The highest BCUT2D eigenvalue weighted by atomic mass is 79.9. The summed E-state index contributed by atoms with van der Waals surface area (Å²) in [5.74, 6) is -0.471. The van der Waals surface area contributed by atoms with Crippen LogP contribution in [0.1, 0.15) is 20.8 Å². The summed E-state index contributed by atoms with van der Waals surface area (Å²) in [6, 6.07) is 2.44. The van der Waals surface area contributed by atoms with Gasteiger partial charge in [0.25, 0.3) is 0 Å². The van der Waals surface area contributed by atoms with Gasteiger partial charge in [0.2, 0.25) is 0 Å². The highest BCUT2D eigenvalue weighted by molar-refractivity contribution is 9.10. The number of benzene rings is 1. The zero-order chi connectivity index (χ0) is 14.8. The van der Waals surface area contributed by atoms with Gasteiger partial charge in [0.1, 0.15) is 5.82 Å². The highest BCUT2D eigenvalue weighted by Gasteiger charge is 2.28. The van der Waals surface area contributed by atoms with Crippen molar-refractivity contribution in [3.63, 3.8) is 0 Å². The van der Waals surface area contributed by atoms with Crippen LogP contribution in [0.3, 0.4) is 0 Å². The molecule has 0 unspecified atom stereocenters. The van der Waals surface area contributed by atoms with Crippen LogP contribution in [0.15, 0.2) is 16.6 Å². The molecule has 0 amide bonds. The minimum absolute atomic E-state index is 0.0172. The lowest BCUT2D eigenvalue weighted by atomic mass is 10.3. The van der Waals surface area contributed by atoms with Gasteiger partial charge in [-0.15, -0.1) is 0 Å². The van der Waals surface area contributed by atoms with E-state index in [1.807, 2.05) is 0 Å². The normalized spacial score (nSPS) is 12.5. The molecule has 0 aliphatic heterocycles. The lowest BCUT2D eigenvalue weighted by Crippen LogP contribution is -2.32. The van der Waals surface area contributed by atoms with Crippen LogP contribution in [0.2, 0.25) is 5.02 Å². The predicted octanol–water partition coefficient (Wildman–Crippen LogP) is 3.87. The molecule has 19 heavy (non-hydrogen) atoms. The second-order valence-corrected chi connectivity index (χ2v) is 9.23. The number of hydrogen-bond acceptors (Lipinski definition) is 3. The van der Waals surface area contributed by atoms with E-state index in [9.17, 15) is 12.8 Å². The summed E-state index contributed by atoms with van der Waals surface area (Å²) in [6.07, 6.45) is 0. The number of halogens is 3. The molecule has 1 rings (SSSR count). The van der Waals surface area contributed by atoms with Crippen LogP contribution in [-0.2, 0) is 9.84 Å². The first-order valence-electron chi connectivity index (χ1n) is 5.65. The Morgan fingerprint density at radius 2 is 1.95 bits per heavy atom. The second-order valence-electron chi connectivity index (χ2n) is 5.10. The molecular formula is C12H16BrClFNO2S. The van der Waals surface area contributed by atoms with Crippen molar-refractivity contribution >= 4 is 43.1 Å². The average molecular weight is 373 g/mol. The molecule has 0 bridgehead atoms. The second kappa shape index (κ2) is 5.97. The van der Waals surface area contributed by atoms with Gasteiger partial charge in [0.15, 0.2) is 9.84 Å². The van der Waals surface area contributed by atoms with Crippen LogP contribution in [0.4, 0.5) is 10.1 Å². The van der Waals surface area contributed by atoms with Crippen molar-refractivity contribution in [1.82, 2.24) is 0 Å². The molecule has 7 heteroatoms. The Morgan fingerprint density at radius 1 is 1.37 bits per heavy atom. The largest absolute Gasteiger partial charge is 0.382 e. The molecule has 0 saturated heterocycles. The van der Waals surface area contributed by atoms with Crippen molar-refractivity contribution in [2.24, 2.45) is 0 Å². The fraction of sp³-hybridized carbons (Fsp3) is 0.500. The van der Waals surface area contributed by atoms with Crippen LogP contribution in [0.25, 0.3) is 0 Å². The summed E-state index contributed by atoms with van der Waals surface area (Å²) < 4.78 is 36.6. The quantitative estimate of drug-likeness (QED) is 0.873. The van der Waals surface area contributed by atoms with E-state index in [2.05, 4.69) is 21.2 Å². The average Bonchev–Trinajstić information content (AvgIpc) is 2.20. The van der Waals surface area contributed by atoms with Crippen molar-refractivity contribution in [3.8, 4) is 0 Å². The van der Waals surface area contributed by atoms with Crippen molar-refractivity contribution in [3.05, 3.63) is 27.4 Å². The van der Waals surface area contributed by atoms with Crippen molar-refractivity contribution < 1.29 is 12.8 Å². The molecule has 108 valence electrons. The van der Waals surface area contributed by atoms with Gasteiger partial charge in [0.05, 0.1) is 21.2 Å². The van der Waals surface area contributed by atoms with Gasteiger partial charge in [-0.25, -0.2) is 12.8 Å². The number of nitrogens with one attached hydrogen (secondary N) is 1. The summed E-state index contributed by atoms with van der Waals surface area (Å²) >= 11 is 9.07. The maximum absolute atomic E-state index is 13.0. The third-order valence-electron chi connectivity index (χ3n) is 2.61. The first kappa shape index (κ1) is 16.7. The molecule has 1 aromatic carbocycles. The van der Waals surface area contributed by atoms with Crippen molar-refractivity contribution in [2.75, 3.05) is 17.6 Å². The van der Waals surface area contributed by atoms with Gasteiger partial charge in [-0.05, 0) is 48.8 Å². The van der Waals surface area contributed by atoms with Gasteiger partial charge in [-0.1, -0.05) is 11.6 Å². The maximum atomic E-state index is 13.0. The van der Waals surface area contributed by atoms with Crippen LogP contribution in [0, 0.1) is 5.82 Å². The Kier molecular flexibility index (Phi) is 5.26. The third-order valence-corrected chi connectivity index (χ3v) is 6.14. The SMILES string of the molecule is CC(C)(C)S(=O)(=O)CCNc1c(Cl)cc(F)cc1Br. The summed E-state index contributed by atoms with van der Waals surface area (Å²) in [4.78, 5) is 0. The Morgan fingerprint density at radius 3 is 2.42 bits per heavy atom. The molecule has 0 atom stereocenters. The number of anilines is 1. The Bertz CT molecular complexity index is 547. The highest BCUT2D eigenvalue weighted by Crippen LogP contribution is 2.31. The van der Waals surface area contributed by atoms with E-state index >= 15 is 0 Å². The van der Waals surface area contributed by atoms with E-state index in [-0.39, 0.29) is 17.3 Å². The zero-order valence-corrected chi connectivity index (χ0v) is 14.1. The van der Waals surface area contributed by atoms with E-state index in [1.54, 1.807) is 20.8 Å². The van der Waals surface area contributed by atoms with Gasteiger partial charge in [0, 0.05) is 11.0 Å². The van der Waals surface area contributed by atoms with Crippen LogP contribution < -0.4 is 5.32 Å². The molecule has 0 aliphatic rings. The fourth-order valence-electron chi connectivity index (χ4n) is 1.33. The lowest BCUT2D eigenvalue weighted by molar-refractivity contribution is 0.560. The molecule has 0 aliphatic carbocycles. The predicted molar refractivity (Wildman–Crippen MR) is 81.1 cm³/mol. The minimum Gasteiger partial charge on any atom is -0.382 e. The first-order valence-corrected chi connectivity index (χ1v) is 8.47. The summed E-state index contributed by atoms with van der Waals surface area (Å²) in [7, 11) is -3.20. The van der Waals surface area contributed by atoms with Gasteiger partial charge in [-0.3, -0.25) is 0 Å². The first-order chi connectivity index (χ1) is 8.54. The van der Waals surface area contributed by atoms with Gasteiger partial charge < -0.3 is 5.32 Å². The smallest absolute Gasteiger partial charge is 0.156 e. The Labute approximate surface area is 126 Å². The molecule has 0 fully saturated rings. The Hall–Kier alpha value is -0.330. The standard InChI is InChI=1S/C12H16BrClFNO2S/c1-12(2,3)19(17,18)5-4-16-11-9(13)6-8(15)7-10(11)14/h6-7,16H,4-5H2,1-3H3. The fourth-order valence-corrected chi connectivity index (χ4v) is 3.27. The zero-order valence-electron chi connectivity index (χ0n) is 10.9. The number of hydrogen-bond donors (Lipinski definition) is 1. The van der Waals surface area contributed by atoms with Gasteiger partial charge >= 0.3 is 0 Å². The van der Waals surface area contributed by atoms with Gasteiger partial charge in [-0.2, -0.15) is 0 Å². The molecule has 0 heterocycles. The van der Waals surface area contributed by atoms with Crippen molar-refractivity contribution in [1.29, 1.82) is 0 Å². The lowest BCUT2D eigenvalue weighted by Gasteiger charge is -2.19. The molecule has 1 N–H and O–H groups in total. The summed E-state index contributed by atoms with van der Waals surface area (Å²) in [6.45, 7) is 5.18. The molecular weight excluding hydrogens is 357 g/mol. The number of sulfone groups is 1. The van der Waals surface area contributed by atoms with E-state index in [0.717, 1.165) is 0 Å². The number of rotatable bonds is 4. The molecule has 3 nitrogen and oxygen atoms in total. The molecule has 0 saturated carbocycles. The van der Waals surface area contributed by atoms with Crippen LogP contribution in [-0.4, -0.2) is 25.5 Å². The van der Waals surface area contributed by atoms with Crippen LogP contribution >= 0.6 is 27.5 Å². The van der Waals surface area contributed by atoms with E-state index < -0.39 is 20.4 Å². The van der Waals surface area contributed by atoms with E-state index in [1.165, 1.54) is 12.1 Å². The van der Waals surface area contributed by atoms with E-state index in [0.29, 0.717) is 10.2 Å². The third kappa shape index (κ3) is 4.33. The molecule has 0 aromatic heterocycles. The molecule has 0 spiro atoms. The molecule has 1 aromatic rings. The summed E-state index contributed by atoms with van der Waals surface area (Å²) in [5.41, 5.74) is 0.493. The maximum Gasteiger partial charge on any atom is 0.156 e. The Balaban J connectivity index is 2.75. The minimum atomic E-state index is -3.20. The topological polar surface area (TPSA) is 46.2 Å². The monoisotopic (exact) mass is 371 g/mol. The molecule has 0 radical (unpaired) electrons.